The molecule has 1 amide bonds. The molecule has 18 heavy (non-hydrogen) atoms. The summed E-state index contributed by atoms with van der Waals surface area (Å²) in [5, 5.41) is 3.23. The molecule has 1 heterocycles. The van der Waals surface area contributed by atoms with E-state index in [4.69, 9.17) is 0 Å². The van der Waals surface area contributed by atoms with Crippen molar-refractivity contribution < 1.29 is 4.79 Å². The van der Waals surface area contributed by atoms with Gasteiger partial charge in [-0.1, -0.05) is 29.8 Å². The highest BCUT2D eigenvalue weighted by Gasteiger charge is 2.24. The first-order valence-electron chi connectivity index (χ1n) is 6.69. The molecule has 0 aromatic heterocycles. The summed E-state index contributed by atoms with van der Waals surface area (Å²) in [6.45, 7) is 3.85. The molecule has 1 atom stereocenters. The van der Waals surface area contributed by atoms with Crippen LogP contribution in [0.2, 0.25) is 0 Å². The molecule has 2 rings (SSSR count). The van der Waals surface area contributed by atoms with Crippen LogP contribution in [0.5, 0.6) is 0 Å². The van der Waals surface area contributed by atoms with E-state index in [1.54, 1.807) is 0 Å². The molecule has 0 saturated carbocycles. The Morgan fingerprint density at radius 2 is 2.11 bits per heavy atom. The van der Waals surface area contributed by atoms with Gasteiger partial charge in [0, 0.05) is 25.6 Å². The number of hydrogen-bond acceptors (Lipinski definition) is 2. The first-order valence-corrected chi connectivity index (χ1v) is 6.69. The molecular weight excluding hydrogens is 224 g/mol. The molecule has 1 aromatic rings. The van der Waals surface area contributed by atoms with Gasteiger partial charge >= 0.3 is 0 Å². The van der Waals surface area contributed by atoms with E-state index in [-0.39, 0.29) is 5.91 Å². The molecule has 1 unspecified atom stereocenters. The highest BCUT2D eigenvalue weighted by Crippen LogP contribution is 2.12. The summed E-state index contributed by atoms with van der Waals surface area (Å²) in [6.07, 6.45) is 2.55. The van der Waals surface area contributed by atoms with E-state index in [9.17, 15) is 4.79 Å². The monoisotopic (exact) mass is 246 g/mol. The lowest BCUT2D eigenvalue weighted by molar-refractivity contribution is -0.130. The molecule has 98 valence electrons. The Hall–Kier alpha value is -1.35. The Kier molecular flexibility index (Phi) is 4.37. The summed E-state index contributed by atoms with van der Waals surface area (Å²) in [4.78, 5) is 14.0. The quantitative estimate of drug-likeness (QED) is 0.878. The van der Waals surface area contributed by atoms with Gasteiger partial charge in [0.1, 0.15) is 0 Å². The van der Waals surface area contributed by atoms with E-state index in [1.807, 2.05) is 11.9 Å². The van der Waals surface area contributed by atoms with Crippen LogP contribution in [-0.2, 0) is 11.2 Å². The zero-order valence-corrected chi connectivity index (χ0v) is 11.3. The van der Waals surface area contributed by atoms with Crippen LogP contribution in [0.15, 0.2) is 24.3 Å². The summed E-state index contributed by atoms with van der Waals surface area (Å²) in [5.41, 5.74) is 2.51. The van der Waals surface area contributed by atoms with Crippen molar-refractivity contribution in [1.29, 1.82) is 0 Å². The van der Waals surface area contributed by atoms with Gasteiger partial charge in [0.05, 0.1) is 0 Å². The van der Waals surface area contributed by atoms with E-state index in [2.05, 4.69) is 36.5 Å². The predicted molar refractivity (Wildman–Crippen MR) is 73.5 cm³/mol. The maximum Gasteiger partial charge on any atom is 0.222 e. The zero-order valence-electron chi connectivity index (χ0n) is 11.3. The number of benzene rings is 1. The van der Waals surface area contributed by atoms with Gasteiger partial charge in [0.15, 0.2) is 0 Å². The summed E-state index contributed by atoms with van der Waals surface area (Å²) in [5.74, 6) is 0.285. The van der Waals surface area contributed by atoms with Gasteiger partial charge in [-0.3, -0.25) is 4.79 Å². The number of likely N-dealkylation sites (tertiary alicyclic amines) is 1. The molecule has 1 saturated heterocycles. The summed E-state index contributed by atoms with van der Waals surface area (Å²) >= 11 is 0. The van der Waals surface area contributed by atoms with Crippen molar-refractivity contribution in [2.75, 3.05) is 20.1 Å². The van der Waals surface area contributed by atoms with Crippen LogP contribution in [0.3, 0.4) is 0 Å². The van der Waals surface area contributed by atoms with Crippen LogP contribution in [0.25, 0.3) is 0 Å². The topological polar surface area (TPSA) is 32.3 Å². The third kappa shape index (κ3) is 3.33. The predicted octanol–water partition coefficient (Wildman–Crippen LogP) is 1.75. The molecule has 1 aliphatic heterocycles. The second-order valence-corrected chi connectivity index (χ2v) is 5.10. The molecule has 3 heteroatoms. The average Bonchev–Trinajstić information content (AvgIpc) is 2.86. The third-order valence-corrected chi connectivity index (χ3v) is 3.70. The molecule has 0 bridgehead atoms. The van der Waals surface area contributed by atoms with Crippen molar-refractivity contribution in [1.82, 2.24) is 10.2 Å². The van der Waals surface area contributed by atoms with E-state index in [0.717, 1.165) is 25.9 Å². The summed E-state index contributed by atoms with van der Waals surface area (Å²) in [7, 11) is 1.96. The Balaban J connectivity index is 1.80. The maximum atomic E-state index is 12.0. The summed E-state index contributed by atoms with van der Waals surface area (Å²) < 4.78 is 0. The number of rotatable bonds is 4. The van der Waals surface area contributed by atoms with Crippen LogP contribution in [0.4, 0.5) is 0 Å². The minimum absolute atomic E-state index is 0.285. The van der Waals surface area contributed by atoms with Crippen LogP contribution in [0, 0.1) is 6.92 Å². The van der Waals surface area contributed by atoms with E-state index in [1.165, 1.54) is 11.1 Å². The molecule has 0 radical (unpaired) electrons. The standard InChI is InChI=1S/C15H22N2O/c1-12-3-5-13(6-4-12)7-8-15(18)17-10-9-14(11-17)16-2/h3-6,14,16H,7-11H2,1-2H3. The first-order chi connectivity index (χ1) is 8.69. The number of amides is 1. The van der Waals surface area contributed by atoms with Crippen LogP contribution < -0.4 is 5.32 Å². The van der Waals surface area contributed by atoms with Gasteiger partial charge in [-0.15, -0.1) is 0 Å². The number of nitrogens with zero attached hydrogens (tertiary/aromatic N) is 1. The Labute approximate surface area is 109 Å². The van der Waals surface area contributed by atoms with E-state index in [0.29, 0.717) is 12.5 Å². The lowest BCUT2D eigenvalue weighted by atomic mass is 10.1. The minimum atomic E-state index is 0.285. The number of aryl methyl sites for hydroxylation is 2. The molecule has 1 aliphatic rings. The SMILES string of the molecule is CNC1CCN(C(=O)CCc2ccc(C)cc2)C1. The van der Waals surface area contributed by atoms with Gasteiger partial charge in [-0.2, -0.15) is 0 Å². The van der Waals surface area contributed by atoms with E-state index < -0.39 is 0 Å². The fraction of sp³-hybridized carbons (Fsp3) is 0.533. The number of carbonyl (C=O) groups excluding carboxylic acids is 1. The minimum Gasteiger partial charge on any atom is -0.341 e. The molecule has 1 fully saturated rings. The van der Waals surface area contributed by atoms with Crippen LogP contribution in [-0.4, -0.2) is 37.0 Å². The van der Waals surface area contributed by atoms with Crippen molar-refractivity contribution >= 4 is 5.91 Å². The van der Waals surface area contributed by atoms with E-state index >= 15 is 0 Å². The second kappa shape index (κ2) is 6.01. The third-order valence-electron chi connectivity index (χ3n) is 3.70. The van der Waals surface area contributed by atoms with Crippen molar-refractivity contribution in [3.63, 3.8) is 0 Å². The number of nitrogens with one attached hydrogen (secondary N) is 1. The van der Waals surface area contributed by atoms with Gasteiger partial charge in [0.2, 0.25) is 5.91 Å². The Morgan fingerprint density at radius 3 is 2.72 bits per heavy atom. The maximum absolute atomic E-state index is 12.0. The highest BCUT2D eigenvalue weighted by atomic mass is 16.2. The number of likely N-dealkylation sites (N-methyl/N-ethyl adjacent to an activating group) is 1. The lowest BCUT2D eigenvalue weighted by Gasteiger charge is -2.16. The smallest absolute Gasteiger partial charge is 0.222 e. The van der Waals surface area contributed by atoms with Crippen molar-refractivity contribution in [3.05, 3.63) is 35.4 Å². The van der Waals surface area contributed by atoms with Gasteiger partial charge in [-0.05, 0) is 32.4 Å². The molecule has 3 nitrogen and oxygen atoms in total. The molecule has 1 aromatic carbocycles. The van der Waals surface area contributed by atoms with Crippen molar-refractivity contribution in [3.8, 4) is 0 Å². The summed E-state index contributed by atoms with van der Waals surface area (Å²) in [6, 6.07) is 8.92. The van der Waals surface area contributed by atoms with Crippen molar-refractivity contribution in [2.45, 2.75) is 32.2 Å². The highest BCUT2D eigenvalue weighted by molar-refractivity contribution is 5.76. The van der Waals surface area contributed by atoms with Gasteiger partial charge in [-0.25, -0.2) is 0 Å². The zero-order chi connectivity index (χ0) is 13.0. The van der Waals surface area contributed by atoms with Gasteiger partial charge < -0.3 is 10.2 Å². The van der Waals surface area contributed by atoms with Crippen LogP contribution >= 0.6 is 0 Å². The average molecular weight is 246 g/mol. The normalized spacial score (nSPS) is 19.2. The molecule has 0 spiro atoms. The molecule has 1 N–H and O–H groups in total. The number of carbonyl (C=O) groups is 1. The lowest BCUT2D eigenvalue weighted by Crippen LogP contribution is -2.33. The first kappa shape index (κ1) is 13.1. The van der Waals surface area contributed by atoms with Crippen LogP contribution in [0.1, 0.15) is 24.0 Å². The molecular formula is C15H22N2O. The second-order valence-electron chi connectivity index (χ2n) is 5.10. The number of hydrogen-bond donors (Lipinski definition) is 1. The Morgan fingerprint density at radius 1 is 1.39 bits per heavy atom. The molecule has 0 aliphatic carbocycles. The largest absolute Gasteiger partial charge is 0.341 e. The Bertz CT molecular complexity index is 399. The van der Waals surface area contributed by atoms with Crippen molar-refractivity contribution in [2.24, 2.45) is 0 Å². The fourth-order valence-corrected chi connectivity index (χ4v) is 2.39. The van der Waals surface area contributed by atoms with Gasteiger partial charge in [0.25, 0.3) is 0 Å². The fourth-order valence-electron chi connectivity index (χ4n) is 2.39.